The summed E-state index contributed by atoms with van der Waals surface area (Å²) in [5.41, 5.74) is 7.18. The van der Waals surface area contributed by atoms with Gasteiger partial charge >= 0.3 is 0 Å². The molecule has 20 heavy (non-hydrogen) atoms. The molecule has 0 heterocycles. The van der Waals surface area contributed by atoms with Crippen LogP contribution in [0.5, 0.6) is 11.5 Å². The van der Waals surface area contributed by atoms with Gasteiger partial charge in [0.2, 0.25) is 0 Å². The first-order chi connectivity index (χ1) is 9.50. The van der Waals surface area contributed by atoms with Crippen LogP contribution < -0.4 is 15.2 Å². The standard InChI is InChI=1S/C16H28N2O2/c1-6-9-18(3)16(2,12-17)11-13-7-8-14(19-4)15(10-13)20-5/h7-8,10H,6,9,11-12,17H2,1-5H3. The lowest BCUT2D eigenvalue weighted by molar-refractivity contribution is 0.144. The van der Waals surface area contributed by atoms with Gasteiger partial charge in [-0.05, 0) is 51.1 Å². The number of rotatable bonds is 8. The zero-order valence-electron chi connectivity index (χ0n) is 13.4. The number of hydrogen-bond acceptors (Lipinski definition) is 4. The molecule has 1 aromatic carbocycles. The van der Waals surface area contributed by atoms with E-state index in [1.165, 1.54) is 5.56 Å². The lowest BCUT2D eigenvalue weighted by atomic mass is 9.91. The normalized spacial score (nSPS) is 14.2. The van der Waals surface area contributed by atoms with Crippen LogP contribution in [0.25, 0.3) is 0 Å². The van der Waals surface area contributed by atoms with Crippen LogP contribution in [-0.4, -0.2) is 44.8 Å². The van der Waals surface area contributed by atoms with E-state index in [9.17, 15) is 0 Å². The van der Waals surface area contributed by atoms with Crippen LogP contribution in [0.3, 0.4) is 0 Å². The second kappa shape index (κ2) is 7.50. The molecular formula is C16H28N2O2. The van der Waals surface area contributed by atoms with Gasteiger partial charge in [-0.25, -0.2) is 0 Å². The Hall–Kier alpha value is -1.26. The fraction of sp³-hybridized carbons (Fsp3) is 0.625. The number of ether oxygens (including phenoxy) is 2. The average Bonchev–Trinajstić information content (AvgIpc) is 2.47. The van der Waals surface area contributed by atoms with Crippen molar-refractivity contribution in [1.82, 2.24) is 4.90 Å². The first-order valence-electron chi connectivity index (χ1n) is 7.13. The maximum atomic E-state index is 6.02. The average molecular weight is 280 g/mol. The lowest BCUT2D eigenvalue weighted by Crippen LogP contribution is -2.51. The zero-order chi connectivity index (χ0) is 15.2. The van der Waals surface area contributed by atoms with Crippen molar-refractivity contribution in [2.24, 2.45) is 5.73 Å². The molecule has 0 aliphatic rings. The fourth-order valence-corrected chi connectivity index (χ4v) is 2.40. The number of likely N-dealkylation sites (N-methyl/N-ethyl adjacent to an activating group) is 1. The van der Waals surface area contributed by atoms with Crippen molar-refractivity contribution in [2.75, 3.05) is 34.4 Å². The van der Waals surface area contributed by atoms with Gasteiger partial charge in [0.15, 0.2) is 11.5 Å². The van der Waals surface area contributed by atoms with E-state index in [4.69, 9.17) is 15.2 Å². The minimum absolute atomic E-state index is 0.0460. The molecule has 0 aromatic heterocycles. The Balaban J connectivity index is 2.95. The van der Waals surface area contributed by atoms with Crippen LogP contribution in [0.15, 0.2) is 18.2 Å². The van der Waals surface area contributed by atoms with Crippen LogP contribution in [0.1, 0.15) is 25.8 Å². The van der Waals surface area contributed by atoms with Crippen molar-refractivity contribution < 1.29 is 9.47 Å². The van der Waals surface area contributed by atoms with Crippen molar-refractivity contribution in [3.05, 3.63) is 23.8 Å². The van der Waals surface area contributed by atoms with E-state index >= 15 is 0 Å². The topological polar surface area (TPSA) is 47.7 Å². The minimum Gasteiger partial charge on any atom is -0.493 e. The summed E-state index contributed by atoms with van der Waals surface area (Å²) in [7, 11) is 5.45. The van der Waals surface area contributed by atoms with E-state index < -0.39 is 0 Å². The van der Waals surface area contributed by atoms with E-state index in [0.29, 0.717) is 6.54 Å². The van der Waals surface area contributed by atoms with E-state index in [0.717, 1.165) is 30.9 Å². The monoisotopic (exact) mass is 280 g/mol. The van der Waals surface area contributed by atoms with Crippen LogP contribution in [0.2, 0.25) is 0 Å². The Morgan fingerprint density at radius 2 is 1.85 bits per heavy atom. The molecule has 0 bridgehead atoms. The van der Waals surface area contributed by atoms with Crippen molar-refractivity contribution >= 4 is 0 Å². The maximum Gasteiger partial charge on any atom is 0.160 e. The number of benzene rings is 1. The fourth-order valence-electron chi connectivity index (χ4n) is 2.40. The molecular weight excluding hydrogens is 252 g/mol. The maximum absolute atomic E-state index is 6.02. The smallest absolute Gasteiger partial charge is 0.160 e. The lowest BCUT2D eigenvalue weighted by Gasteiger charge is -2.38. The summed E-state index contributed by atoms with van der Waals surface area (Å²) in [4.78, 5) is 2.34. The predicted molar refractivity (Wildman–Crippen MR) is 83.6 cm³/mol. The Labute approximate surface area is 122 Å². The Morgan fingerprint density at radius 3 is 2.35 bits per heavy atom. The predicted octanol–water partition coefficient (Wildman–Crippen LogP) is 2.31. The molecule has 0 fully saturated rings. The third kappa shape index (κ3) is 3.87. The van der Waals surface area contributed by atoms with Crippen molar-refractivity contribution in [3.8, 4) is 11.5 Å². The first kappa shape index (κ1) is 16.8. The van der Waals surface area contributed by atoms with E-state index in [1.54, 1.807) is 14.2 Å². The first-order valence-corrected chi connectivity index (χ1v) is 7.13. The van der Waals surface area contributed by atoms with Gasteiger partial charge in [-0.3, -0.25) is 4.90 Å². The van der Waals surface area contributed by atoms with E-state index in [1.807, 2.05) is 12.1 Å². The summed E-state index contributed by atoms with van der Waals surface area (Å²) < 4.78 is 10.6. The molecule has 4 nitrogen and oxygen atoms in total. The minimum atomic E-state index is -0.0460. The number of methoxy groups -OCH3 is 2. The third-order valence-corrected chi connectivity index (χ3v) is 3.95. The summed E-state index contributed by atoms with van der Waals surface area (Å²) in [6.45, 7) is 6.06. The Kier molecular flexibility index (Phi) is 6.30. The van der Waals surface area contributed by atoms with Gasteiger partial charge < -0.3 is 15.2 Å². The van der Waals surface area contributed by atoms with E-state index in [2.05, 4.69) is 31.9 Å². The molecule has 0 aliphatic heterocycles. The number of nitrogens with two attached hydrogens (primary N) is 1. The third-order valence-electron chi connectivity index (χ3n) is 3.95. The molecule has 114 valence electrons. The van der Waals surface area contributed by atoms with Crippen LogP contribution >= 0.6 is 0 Å². The molecule has 1 atom stereocenters. The summed E-state index contributed by atoms with van der Waals surface area (Å²) >= 11 is 0. The quantitative estimate of drug-likeness (QED) is 0.794. The second-order valence-electron chi connectivity index (χ2n) is 5.49. The Bertz CT molecular complexity index is 423. The van der Waals surface area contributed by atoms with Crippen molar-refractivity contribution in [1.29, 1.82) is 0 Å². The molecule has 0 aliphatic carbocycles. The molecule has 2 N–H and O–H groups in total. The van der Waals surface area contributed by atoms with Gasteiger partial charge in [-0.1, -0.05) is 13.0 Å². The Morgan fingerprint density at radius 1 is 1.20 bits per heavy atom. The SMILES string of the molecule is CCCN(C)C(C)(CN)Cc1ccc(OC)c(OC)c1. The number of nitrogens with zero attached hydrogens (tertiary/aromatic N) is 1. The summed E-state index contributed by atoms with van der Waals surface area (Å²) in [6.07, 6.45) is 2.01. The molecule has 0 saturated heterocycles. The summed E-state index contributed by atoms with van der Waals surface area (Å²) in [6, 6.07) is 6.06. The second-order valence-corrected chi connectivity index (χ2v) is 5.49. The van der Waals surface area contributed by atoms with E-state index in [-0.39, 0.29) is 5.54 Å². The highest BCUT2D eigenvalue weighted by atomic mass is 16.5. The molecule has 1 aromatic rings. The highest BCUT2D eigenvalue weighted by Gasteiger charge is 2.27. The van der Waals surface area contributed by atoms with Gasteiger partial charge in [0.1, 0.15) is 0 Å². The molecule has 0 spiro atoms. The summed E-state index contributed by atoms with van der Waals surface area (Å²) in [5, 5.41) is 0. The molecule has 0 amide bonds. The van der Waals surface area contributed by atoms with Crippen LogP contribution in [0, 0.1) is 0 Å². The molecule has 4 heteroatoms. The zero-order valence-corrected chi connectivity index (χ0v) is 13.4. The van der Waals surface area contributed by atoms with Gasteiger partial charge in [-0.2, -0.15) is 0 Å². The largest absolute Gasteiger partial charge is 0.493 e. The molecule has 0 saturated carbocycles. The van der Waals surface area contributed by atoms with Crippen LogP contribution in [-0.2, 0) is 6.42 Å². The summed E-state index contributed by atoms with van der Waals surface area (Å²) in [5.74, 6) is 1.52. The van der Waals surface area contributed by atoms with Gasteiger partial charge in [0, 0.05) is 12.1 Å². The number of hydrogen-bond donors (Lipinski definition) is 1. The van der Waals surface area contributed by atoms with Crippen molar-refractivity contribution in [2.45, 2.75) is 32.2 Å². The highest BCUT2D eigenvalue weighted by molar-refractivity contribution is 5.43. The van der Waals surface area contributed by atoms with Gasteiger partial charge in [0.05, 0.1) is 14.2 Å². The highest BCUT2D eigenvalue weighted by Crippen LogP contribution is 2.29. The molecule has 1 rings (SSSR count). The molecule has 0 radical (unpaired) electrons. The van der Waals surface area contributed by atoms with Gasteiger partial charge in [-0.15, -0.1) is 0 Å². The van der Waals surface area contributed by atoms with Gasteiger partial charge in [0.25, 0.3) is 0 Å². The molecule has 1 unspecified atom stereocenters. The van der Waals surface area contributed by atoms with Crippen molar-refractivity contribution in [3.63, 3.8) is 0 Å². The van der Waals surface area contributed by atoms with Crippen LogP contribution in [0.4, 0.5) is 0 Å².